The number of nitrogens with zero attached hydrogens (tertiary/aromatic N) is 2. The van der Waals surface area contributed by atoms with Gasteiger partial charge in [0.1, 0.15) is 12.4 Å². The summed E-state index contributed by atoms with van der Waals surface area (Å²) in [5.41, 5.74) is 1.28. The van der Waals surface area contributed by atoms with Crippen LogP contribution in [0.1, 0.15) is 5.56 Å². The largest absolute Gasteiger partial charge is 0.490 e. The van der Waals surface area contributed by atoms with Crippen LogP contribution in [0, 0.1) is 0 Å². The predicted octanol–water partition coefficient (Wildman–Crippen LogP) is 1.59. The molecule has 0 bridgehead atoms. The molecule has 4 nitrogen and oxygen atoms in total. The second-order valence-corrected chi connectivity index (χ2v) is 5.77. The lowest BCUT2D eigenvalue weighted by molar-refractivity contribution is 0.113. The van der Waals surface area contributed by atoms with Crippen LogP contribution in [-0.4, -0.2) is 62.7 Å². The zero-order valence-corrected chi connectivity index (χ0v) is 13.2. The third kappa shape index (κ3) is 5.16. The van der Waals surface area contributed by atoms with E-state index in [0.29, 0.717) is 12.6 Å². The minimum atomic E-state index is 0.555. The van der Waals surface area contributed by atoms with Gasteiger partial charge in [-0.2, -0.15) is 0 Å². The first-order valence-corrected chi connectivity index (χ1v) is 7.61. The van der Waals surface area contributed by atoms with Gasteiger partial charge >= 0.3 is 0 Å². The van der Waals surface area contributed by atoms with Crippen molar-refractivity contribution in [3.63, 3.8) is 0 Å². The lowest BCUT2D eigenvalue weighted by atomic mass is 10.1. The van der Waals surface area contributed by atoms with E-state index in [1.807, 2.05) is 12.1 Å². The molecule has 1 atom stereocenters. The molecular weight excluding hydrogens is 262 g/mol. The number of rotatable bonds is 7. The van der Waals surface area contributed by atoms with Crippen LogP contribution < -0.4 is 10.1 Å². The standard InChI is InChI=1S/C17H27N3O/c1-4-11-21-17-7-5-15(6-8-17)12-18-13-16-14-19(2)9-10-20(16)3/h4-8,16,18H,1,9-14H2,2-3H3. The highest BCUT2D eigenvalue weighted by Gasteiger charge is 2.21. The van der Waals surface area contributed by atoms with Crippen molar-refractivity contribution in [3.8, 4) is 5.75 Å². The summed E-state index contributed by atoms with van der Waals surface area (Å²) in [6.07, 6.45) is 1.76. The van der Waals surface area contributed by atoms with Crippen molar-refractivity contribution in [2.75, 3.05) is 46.9 Å². The maximum atomic E-state index is 5.49. The number of likely N-dealkylation sites (N-methyl/N-ethyl adjacent to an activating group) is 2. The van der Waals surface area contributed by atoms with Crippen LogP contribution in [0.25, 0.3) is 0 Å². The normalized spacial score (nSPS) is 20.4. The maximum Gasteiger partial charge on any atom is 0.119 e. The van der Waals surface area contributed by atoms with Gasteiger partial charge in [0.25, 0.3) is 0 Å². The number of nitrogens with one attached hydrogen (secondary N) is 1. The Hall–Kier alpha value is -1.36. The number of hydrogen-bond donors (Lipinski definition) is 1. The number of benzene rings is 1. The number of ether oxygens (including phenoxy) is 1. The van der Waals surface area contributed by atoms with Crippen LogP contribution in [0.2, 0.25) is 0 Å². The van der Waals surface area contributed by atoms with E-state index in [1.165, 1.54) is 12.1 Å². The third-order valence-electron chi connectivity index (χ3n) is 3.98. The molecule has 1 unspecified atom stereocenters. The zero-order valence-electron chi connectivity index (χ0n) is 13.2. The van der Waals surface area contributed by atoms with Gasteiger partial charge in [-0.05, 0) is 31.8 Å². The molecule has 4 heteroatoms. The molecule has 1 aromatic carbocycles. The molecule has 0 aromatic heterocycles. The number of hydrogen-bond acceptors (Lipinski definition) is 4. The van der Waals surface area contributed by atoms with Crippen molar-refractivity contribution in [1.29, 1.82) is 0 Å². The second-order valence-electron chi connectivity index (χ2n) is 5.77. The highest BCUT2D eigenvalue weighted by Crippen LogP contribution is 2.12. The molecule has 1 heterocycles. The molecule has 116 valence electrons. The molecule has 0 spiro atoms. The quantitative estimate of drug-likeness (QED) is 0.772. The molecule has 1 N–H and O–H groups in total. The molecule has 2 rings (SSSR count). The van der Waals surface area contributed by atoms with Crippen LogP contribution in [0.15, 0.2) is 36.9 Å². The maximum absolute atomic E-state index is 5.49. The Kier molecular flexibility index (Phi) is 6.23. The topological polar surface area (TPSA) is 27.7 Å². The van der Waals surface area contributed by atoms with Gasteiger partial charge in [-0.25, -0.2) is 0 Å². The van der Waals surface area contributed by atoms with Gasteiger partial charge in [-0.3, -0.25) is 4.90 Å². The first-order chi connectivity index (χ1) is 10.2. The van der Waals surface area contributed by atoms with Gasteiger partial charge in [0, 0.05) is 38.8 Å². The van der Waals surface area contributed by atoms with Gasteiger partial charge in [0.2, 0.25) is 0 Å². The molecule has 1 aliphatic heterocycles. The van der Waals surface area contributed by atoms with E-state index in [-0.39, 0.29) is 0 Å². The highest BCUT2D eigenvalue weighted by atomic mass is 16.5. The van der Waals surface area contributed by atoms with Crippen LogP contribution in [0.4, 0.5) is 0 Å². The van der Waals surface area contributed by atoms with E-state index in [9.17, 15) is 0 Å². The molecule has 0 aliphatic carbocycles. The first kappa shape index (κ1) is 16.0. The zero-order chi connectivity index (χ0) is 15.1. The molecule has 0 radical (unpaired) electrons. The van der Waals surface area contributed by atoms with E-state index in [2.05, 4.69) is 47.9 Å². The van der Waals surface area contributed by atoms with Crippen molar-refractivity contribution in [2.24, 2.45) is 0 Å². The molecule has 1 aromatic rings. The molecule has 0 amide bonds. The van der Waals surface area contributed by atoms with Crippen molar-refractivity contribution in [3.05, 3.63) is 42.5 Å². The summed E-state index contributed by atoms with van der Waals surface area (Å²) in [5.74, 6) is 0.896. The Labute approximate surface area is 128 Å². The Morgan fingerprint density at radius 1 is 1.29 bits per heavy atom. The third-order valence-corrected chi connectivity index (χ3v) is 3.98. The summed E-state index contributed by atoms with van der Waals surface area (Å²) in [6.45, 7) is 9.58. The van der Waals surface area contributed by atoms with E-state index in [1.54, 1.807) is 6.08 Å². The fraction of sp³-hybridized carbons (Fsp3) is 0.529. The van der Waals surface area contributed by atoms with E-state index in [0.717, 1.165) is 31.9 Å². The monoisotopic (exact) mass is 289 g/mol. The fourth-order valence-electron chi connectivity index (χ4n) is 2.56. The van der Waals surface area contributed by atoms with Gasteiger partial charge in [0.05, 0.1) is 0 Å². The molecule has 0 saturated carbocycles. The van der Waals surface area contributed by atoms with Crippen LogP contribution in [-0.2, 0) is 6.54 Å². The van der Waals surface area contributed by atoms with Crippen LogP contribution >= 0.6 is 0 Å². The Bertz CT molecular complexity index is 432. The van der Waals surface area contributed by atoms with Crippen molar-refractivity contribution >= 4 is 0 Å². The Morgan fingerprint density at radius 2 is 2.05 bits per heavy atom. The fourth-order valence-corrected chi connectivity index (χ4v) is 2.56. The first-order valence-electron chi connectivity index (χ1n) is 7.61. The average molecular weight is 289 g/mol. The molecule has 1 aliphatic rings. The lowest BCUT2D eigenvalue weighted by Crippen LogP contribution is -2.53. The molecule has 1 fully saturated rings. The van der Waals surface area contributed by atoms with Crippen molar-refractivity contribution < 1.29 is 4.74 Å². The SMILES string of the molecule is C=CCOc1ccc(CNCC2CN(C)CCN2C)cc1. The number of piperazine rings is 1. The van der Waals surface area contributed by atoms with Crippen molar-refractivity contribution in [1.82, 2.24) is 15.1 Å². The minimum absolute atomic E-state index is 0.555. The smallest absolute Gasteiger partial charge is 0.119 e. The van der Waals surface area contributed by atoms with Crippen LogP contribution in [0.5, 0.6) is 5.75 Å². The van der Waals surface area contributed by atoms with Gasteiger partial charge in [-0.15, -0.1) is 0 Å². The van der Waals surface area contributed by atoms with Gasteiger partial charge in [-0.1, -0.05) is 24.8 Å². The summed E-state index contributed by atoms with van der Waals surface area (Å²) in [7, 11) is 4.41. The lowest BCUT2D eigenvalue weighted by Gasteiger charge is -2.37. The van der Waals surface area contributed by atoms with Gasteiger partial charge in [0.15, 0.2) is 0 Å². The Morgan fingerprint density at radius 3 is 2.76 bits per heavy atom. The van der Waals surface area contributed by atoms with Crippen molar-refractivity contribution in [2.45, 2.75) is 12.6 Å². The summed E-state index contributed by atoms with van der Waals surface area (Å²) >= 11 is 0. The van der Waals surface area contributed by atoms with E-state index in [4.69, 9.17) is 4.74 Å². The molecular formula is C17H27N3O. The van der Waals surface area contributed by atoms with E-state index >= 15 is 0 Å². The van der Waals surface area contributed by atoms with Gasteiger partial charge < -0.3 is 15.0 Å². The summed E-state index contributed by atoms with van der Waals surface area (Å²) in [4.78, 5) is 4.84. The predicted molar refractivity (Wildman–Crippen MR) is 87.8 cm³/mol. The second kappa shape index (κ2) is 8.17. The molecule has 21 heavy (non-hydrogen) atoms. The summed E-state index contributed by atoms with van der Waals surface area (Å²) in [6, 6.07) is 8.85. The Balaban J connectivity index is 1.73. The minimum Gasteiger partial charge on any atom is -0.490 e. The highest BCUT2D eigenvalue weighted by molar-refractivity contribution is 5.27. The van der Waals surface area contributed by atoms with Crippen LogP contribution in [0.3, 0.4) is 0 Å². The van der Waals surface area contributed by atoms with E-state index < -0.39 is 0 Å². The molecule has 1 saturated heterocycles. The average Bonchev–Trinajstić information content (AvgIpc) is 2.50. The summed E-state index contributed by atoms with van der Waals surface area (Å²) < 4.78 is 5.49. The summed E-state index contributed by atoms with van der Waals surface area (Å²) in [5, 5.41) is 3.56.